The Morgan fingerprint density at radius 3 is 2.59 bits per heavy atom. The second-order valence-corrected chi connectivity index (χ2v) is 6.68. The zero-order valence-corrected chi connectivity index (χ0v) is 15.1. The molecule has 6 nitrogen and oxygen atoms in total. The molecule has 0 aliphatic carbocycles. The number of aromatic amines is 1. The van der Waals surface area contributed by atoms with Crippen LogP contribution >= 0.6 is 11.8 Å². The number of anilines is 1. The Bertz CT molecular complexity index is 1020. The summed E-state index contributed by atoms with van der Waals surface area (Å²) in [7, 11) is 0. The predicted molar refractivity (Wildman–Crippen MR) is 106 cm³/mol. The highest BCUT2D eigenvalue weighted by atomic mass is 32.2. The minimum absolute atomic E-state index is 0.102. The van der Waals surface area contributed by atoms with Crippen molar-refractivity contribution in [1.82, 2.24) is 15.0 Å². The highest BCUT2D eigenvalue weighted by molar-refractivity contribution is 7.99. The number of thioether (sulfide) groups is 1. The zero-order chi connectivity index (χ0) is 18.5. The van der Waals surface area contributed by atoms with Crippen LogP contribution in [0.4, 0.5) is 5.69 Å². The molecule has 0 unspecified atom stereocenters. The molecule has 2 N–H and O–H groups in total. The van der Waals surface area contributed by atoms with E-state index in [0.29, 0.717) is 10.9 Å². The van der Waals surface area contributed by atoms with E-state index in [-0.39, 0.29) is 11.7 Å². The van der Waals surface area contributed by atoms with Gasteiger partial charge in [-0.05, 0) is 42.5 Å². The average molecular weight is 376 g/mol. The number of carbonyl (C=O) groups excluding carboxylic acids is 1. The van der Waals surface area contributed by atoms with Crippen molar-refractivity contribution in [3.05, 3.63) is 73.1 Å². The minimum Gasteiger partial charge on any atom is -0.457 e. The van der Waals surface area contributed by atoms with Gasteiger partial charge < -0.3 is 15.0 Å². The van der Waals surface area contributed by atoms with Gasteiger partial charge in [0.05, 0.1) is 17.5 Å². The first kappa shape index (κ1) is 17.1. The molecule has 0 bridgehead atoms. The van der Waals surface area contributed by atoms with E-state index in [9.17, 15) is 4.79 Å². The number of nitrogens with one attached hydrogen (secondary N) is 2. The maximum atomic E-state index is 12.2. The molecule has 4 aromatic rings. The lowest BCUT2D eigenvalue weighted by atomic mass is 10.3. The van der Waals surface area contributed by atoms with E-state index < -0.39 is 0 Å². The summed E-state index contributed by atoms with van der Waals surface area (Å²) in [4.78, 5) is 23.7. The van der Waals surface area contributed by atoms with Gasteiger partial charge >= 0.3 is 0 Å². The van der Waals surface area contributed by atoms with Crippen LogP contribution < -0.4 is 10.1 Å². The molecule has 0 saturated carbocycles. The summed E-state index contributed by atoms with van der Waals surface area (Å²) in [6.45, 7) is 0. The molecule has 0 aliphatic heterocycles. The third kappa shape index (κ3) is 4.45. The second-order valence-electron chi connectivity index (χ2n) is 5.71. The van der Waals surface area contributed by atoms with Crippen LogP contribution in [0, 0.1) is 0 Å². The Balaban J connectivity index is 1.31. The van der Waals surface area contributed by atoms with Gasteiger partial charge in [-0.25, -0.2) is 4.98 Å². The lowest BCUT2D eigenvalue weighted by Gasteiger charge is -2.07. The number of carbonyl (C=O) groups is 1. The van der Waals surface area contributed by atoms with Crippen LogP contribution in [0.1, 0.15) is 0 Å². The maximum Gasteiger partial charge on any atom is 0.234 e. The summed E-state index contributed by atoms with van der Waals surface area (Å²) in [5.41, 5.74) is 2.41. The number of amides is 1. The number of H-pyrrole nitrogens is 1. The number of fused-ring (bicyclic) bond motifs is 1. The van der Waals surface area contributed by atoms with E-state index in [1.54, 1.807) is 12.4 Å². The lowest BCUT2D eigenvalue weighted by Crippen LogP contribution is -2.13. The number of imidazole rings is 1. The summed E-state index contributed by atoms with van der Waals surface area (Å²) < 4.78 is 5.74. The number of hydrogen-bond acceptors (Lipinski definition) is 5. The van der Waals surface area contributed by atoms with Crippen molar-refractivity contribution < 1.29 is 9.53 Å². The largest absolute Gasteiger partial charge is 0.457 e. The predicted octanol–water partition coefficient (Wildman–Crippen LogP) is 4.48. The van der Waals surface area contributed by atoms with Crippen LogP contribution in [-0.2, 0) is 4.79 Å². The standard InChI is InChI=1S/C20H16N4O2S/c25-19(13-27-20-23-17-10-11-21-12-18(17)24-20)22-14-6-8-16(9-7-14)26-15-4-2-1-3-5-15/h1-12H,13H2,(H,22,25)(H,23,24). The van der Waals surface area contributed by atoms with Crippen LogP contribution in [0.2, 0.25) is 0 Å². The topological polar surface area (TPSA) is 79.9 Å². The van der Waals surface area contributed by atoms with Crippen molar-refractivity contribution in [1.29, 1.82) is 0 Å². The van der Waals surface area contributed by atoms with Gasteiger partial charge in [-0.1, -0.05) is 30.0 Å². The third-order valence-corrected chi connectivity index (χ3v) is 4.59. The fourth-order valence-electron chi connectivity index (χ4n) is 2.46. The van der Waals surface area contributed by atoms with Crippen molar-refractivity contribution in [3.63, 3.8) is 0 Å². The van der Waals surface area contributed by atoms with Crippen LogP contribution in [-0.4, -0.2) is 26.6 Å². The molecule has 0 spiro atoms. The molecule has 0 radical (unpaired) electrons. The van der Waals surface area contributed by atoms with E-state index in [1.165, 1.54) is 11.8 Å². The maximum absolute atomic E-state index is 12.2. The number of para-hydroxylation sites is 1. The van der Waals surface area contributed by atoms with Gasteiger partial charge in [0.2, 0.25) is 5.91 Å². The first-order chi connectivity index (χ1) is 13.3. The summed E-state index contributed by atoms with van der Waals surface area (Å²) in [5, 5.41) is 3.56. The SMILES string of the molecule is O=C(CSc1nc2cnccc2[nH]1)Nc1ccc(Oc2ccccc2)cc1. The van der Waals surface area contributed by atoms with Crippen molar-refractivity contribution in [2.24, 2.45) is 0 Å². The molecule has 0 atom stereocenters. The number of benzene rings is 2. The van der Waals surface area contributed by atoms with Crippen LogP contribution in [0.15, 0.2) is 78.2 Å². The number of ether oxygens (including phenoxy) is 1. The van der Waals surface area contributed by atoms with Crippen LogP contribution in [0.5, 0.6) is 11.5 Å². The van der Waals surface area contributed by atoms with Crippen LogP contribution in [0.25, 0.3) is 11.0 Å². The molecule has 134 valence electrons. The van der Waals surface area contributed by atoms with E-state index in [0.717, 1.165) is 22.5 Å². The highest BCUT2D eigenvalue weighted by Crippen LogP contribution is 2.23. The van der Waals surface area contributed by atoms with Crippen molar-refractivity contribution in [2.45, 2.75) is 5.16 Å². The molecule has 0 aliphatic rings. The number of rotatable bonds is 6. The molecule has 2 aromatic heterocycles. The summed E-state index contributed by atoms with van der Waals surface area (Å²) >= 11 is 1.35. The van der Waals surface area contributed by atoms with E-state index >= 15 is 0 Å². The summed E-state index contributed by atoms with van der Waals surface area (Å²) in [6, 6.07) is 18.7. The van der Waals surface area contributed by atoms with E-state index in [2.05, 4.69) is 20.3 Å². The lowest BCUT2D eigenvalue weighted by molar-refractivity contribution is -0.113. The van der Waals surface area contributed by atoms with E-state index in [4.69, 9.17) is 4.74 Å². The highest BCUT2D eigenvalue weighted by Gasteiger charge is 2.08. The molecule has 27 heavy (non-hydrogen) atoms. The monoisotopic (exact) mass is 376 g/mol. The van der Waals surface area contributed by atoms with Gasteiger partial charge in [-0.2, -0.15) is 0 Å². The average Bonchev–Trinajstić information content (AvgIpc) is 3.12. The fraction of sp³-hybridized carbons (Fsp3) is 0.0500. The third-order valence-electron chi connectivity index (χ3n) is 3.72. The quantitative estimate of drug-likeness (QED) is 0.485. The zero-order valence-electron chi connectivity index (χ0n) is 14.3. The van der Waals surface area contributed by atoms with Crippen molar-refractivity contribution in [3.8, 4) is 11.5 Å². The summed E-state index contributed by atoms with van der Waals surface area (Å²) in [6.07, 6.45) is 3.39. The first-order valence-corrected chi connectivity index (χ1v) is 9.30. The minimum atomic E-state index is -0.102. The first-order valence-electron chi connectivity index (χ1n) is 8.32. The fourth-order valence-corrected chi connectivity index (χ4v) is 3.15. The van der Waals surface area contributed by atoms with Gasteiger partial charge in [0.15, 0.2) is 5.16 Å². The molecule has 2 heterocycles. The summed E-state index contributed by atoms with van der Waals surface area (Å²) in [5.74, 6) is 1.64. The molecule has 4 rings (SSSR count). The van der Waals surface area contributed by atoms with Crippen molar-refractivity contribution >= 4 is 34.4 Å². The molecule has 2 aromatic carbocycles. The molecular weight excluding hydrogens is 360 g/mol. The smallest absolute Gasteiger partial charge is 0.234 e. The number of hydrogen-bond donors (Lipinski definition) is 2. The number of nitrogens with zero attached hydrogens (tertiary/aromatic N) is 2. The van der Waals surface area contributed by atoms with E-state index in [1.807, 2.05) is 60.7 Å². The van der Waals surface area contributed by atoms with Gasteiger partial charge in [0.1, 0.15) is 17.0 Å². The van der Waals surface area contributed by atoms with Crippen LogP contribution in [0.3, 0.4) is 0 Å². The normalized spacial score (nSPS) is 10.7. The molecule has 0 fully saturated rings. The second kappa shape index (κ2) is 7.92. The Labute approximate surface area is 160 Å². The Morgan fingerprint density at radius 2 is 1.81 bits per heavy atom. The van der Waals surface area contributed by atoms with Gasteiger partial charge in [0, 0.05) is 11.9 Å². The van der Waals surface area contributed by atoms with Gasteiger partial charge in [-0.3, -0.25) is 9.78 Å². The molecule has 7 heteroatoms. The van der Waals surface area contributed by atoms with Crippen molar-refractivity contribution in [2.75, 3.05) is 11.1 Å². The van der Waals surface area contributed by atoms with Gasteiger partial charge in [-0.15, -0.1) is 0 Å². The Kier molecular flexibility index (Phi) is 5.02. The Morgan fingerprint density at radius 1 is 1.04 bits per heavy atom. The molecular formula is C20H16N4O2S. The molecule has 0 saturated heterocycles. The number of pyridine rings is 1. The number of aromatic nitrogens is 3. The van der Waals surface area contributed by atoms with Gasteiger partial charge in [0.25, 0.3) is 0 Å². The Hall–Kier alpha value is -3.32. The molecule has 1 amide bonds.